The molecule has 2 rings (SSSR count). The van der Waals surface area contributed by atoms with Gasteiger partial charge in [-0.1, -0.05) is 12.1 Å². The van der Waals surface area contributed by atoms with Gasteiger partial charge < -0.3 is 5.73 Å². The minimum absolute atomic E-state index is 0.889. The average molecular weight is 231 g/mol. The van der Waals surface area contributed by atoms with E-state index in [0.29, 0.717) is 0 Å². The van der Waals surface area contributed by atoms with Gasteiger partial charge in [0.15, 0.2) is 0 Å². The molecule has 0 atom stereocenters. The highest BCUT2D eigenvalue weighted by Gasteiger charge is 1.97. The third-order valence-corrected chi connectivity index (χ3v) is 2.95. The number of aromatic nitrogens is 1. The van der Waals surface area contributed by atoms with Crippen LogP contribution in [-0.2, 0) is 12.8 Å². The largest absolute Gasteiger partial charge is 0.390 e. The molecule has 16 heavy (non-hydrogen) atoms. The predicted octanol–water partition coefficient (Wildman–Crippen LogP) is 2.55. The first-order chi connectivity index (χ1) is 7.88. The van der Waals surface area contributed by atoms with E-state index in [1.165, 1.54) is 11.9 Å². The Morgan fingerprint density at radius 3 is 2.69 bits per heavy atom. The summed E-state index contributed by atoms with van der Waals surface area (Å²) in [5.74, 6) is 0. The summed E-state index contributed by atoms with van der Waals surface area (Å²) in [6.07, 6.45) is 3.31. The van der Waals surface area contributed by atoms with E-state index in [1.807, 2.05) is 17.6 Å². The third-order valence-electron chi connectivity index (χ3n) is 2.31. The Hall–Kier alpha value is -1.68. The van der Waals surface area contributed by atoms with Crippen molar-refractivity contribution in [3.05, 3.63) is 46.4 Å². The van der Waals surface area contributed by atoms with E-state index < -0.39 is 0 Å². The fourth-order valence-corrected chi connectivity index (χ4v) is 2.06. The number of benzene rings is 1. The summed E-state index contributed by atoms with van der Waals surface area (Å²) in [4.78, 5) is 8.26. The van der Waals surface area contributed by atoms with Crippen LogP contribution in [-0.4, -0.2) is 11.3 Å². The van der Waals surface area contributed by atoms with E-state index >= 15 is 0 Å². The van der Waals surface area contributed by atoms with Gasteiger partial charge in [0.1, 0.15) is 0 Å². The van der Waals surface area contributed by atoms with Gasteiger partial charge in [0.2, 0.25) is 0 Å². The molecule has 0 saturated carbocycles. The number of thiazole rings is 1. The molecule has 2 aromatic rings. The number of nitrogens with zero attached hydrogens (tertiary/aromatic N) is 2. The normalized spacial score (nSPS) is 11.0. The van der Waals surface area contributed by atoms with Gasteiger partial charge >= 0.3 is 0 Å². The second-order valence-corrected chi connectivity index (χ2v) is 4.14. The topological polar surface area (TPSA) is 51.3 Å². The maximum atomic E-state index is 5.22. The monoisotopic (exact) mass is 231 g/mol. The molecule has 1 aromatic carbocycles. The zero-order valence-electron chi connectivity index (χ0n) is 8.84. The van der Waals surface area contributed by atoms with Crippen LogP contribution in [0.3, 0.4) is 0 Å². The van der Waals surface area contributed by atoms with E-state index in [0.717, 1.165) is 24.2 Å². The molecule has 1 aromatic heterocycles. The summed E-state index contributed by atoms with van der Waals surface area (Å²) < 4.78 is 0. The Labute approximate surface area is 98.7 Å². The van der Waals surface area contributed by atoms with Crippen molar-refractivity contribution in [3.63, 3.8) is 0 Å². The minimum atomic E-state index is 0.889. The Kier molecular flexibility index (Phi) is 3.66. The van der Waals surface area contributed by atoms with Crippen molar-refractivity contribution in [3.8, 4) is 0 Å². The Morgan fingerprint density at radius 1 is 1.25 bits per heavy atom. The molecule has 0 bridgehead atoms. The zero-order chi connectivity index (χ0) is 11.2. The van der Waals surface area contributed by atoms with Crippen molar-refractivity contribution in [2.45, 2.75) is 12.8 Å². The van der Waals surface area contributed by atoms with E-state index in [4.69, 9.17) is 5.73 Å². The van der Waals surface area contributed by atoms with Crippen molar-refractivity contribution in [2.24, 2.45) is 10.7 Å². The molecule has 0 aliphatic rings. The molecule has 0 saturated heterocycles. The lowest BCUT2D eigenvalue weighted by atomic mass is 10.1. The van der Waals surface area contributed by atoms with Gasteiger partial charge in [0.05, 0.1) is 23.2 Å². The number of hydrogen-bond donors (Lipinski definition) is 1. The first-order valence-electron chi connectivity index (χ1n) is 5.09. The summed E-state index contributed by atoms with van der Waals surface area (Å²) >= 11 is 1.64. The fourth-order valence-electron chi connectivity index (χ4n) is 1.47. The molecule has 2 N–H and O–H groups in total. The van der Waals surface area contributed by atoms with Crippen molar-refractivity contribution in [1.82, 2.24) is 4.98 Å². The first-order valence-corrected chi connectivity index (χ1v) is 6.03. The molecule has 1 heterocycles. The van der Waals surface area contributed by atoms with Gasteiger partial charge in [-0.15, -0.1) is 11.3 Å². The molecule has 82 valence electrons. The minimum Gasteiger partial charge on any atom is -0.390 e. The van der Waals surface area contributed by atoms with Gasteiger partial charge in [-0.2, -0.15) is 0 Å². The lowest BCUT2D eigenvalue weighted by Gasteiger charge is -2.00. The number of aryl methyl sites for hydroxylation is 2. The van der Waals surface area contributed by atoms with Crippen molar-refractivity contribution in [1.29, 1.82) is 0 Å². The number of nitrogens with two attached hydrogens (primary N) is 1. The maximum absolute atomic E-state index is 5.22. The van der Waals surface area contributed by atoms with Crippen LogP contribution < -0.4 is 5.73 Å². The SMILES string of the molecule is NC=Nc1ccc(CCc2cscn2)cc1. The van der Waals surface area contributed by atoms with Gasteiger partial charge in [0, 0.05) is 5.38 Å². The smallest absolute Gasteiger partial charge is 0.0860 e. The standard InChI is InChI=1S/C12H13N3S/c13-8-14-11-4-1-10(2-5-11)3-6-12-7-16-9-15-12/h1-2,4-5,7-9H,3,6H2,(H2,13,14). The lowest BCUT2D eigenvalue weighted by molar-refractivity contribution is 0.926. The van der Waals surface area contributed by atoms with Crippen LogP contribution in [0.5, 0.6) is 0 Å². The van der Waals surface area contributed by atoms with E-state index in [1.54, 1.807) is 11.3 Å². The van der Waals surface area contributed by atoms with Crippen molar-refractivity contribution < 1.29 is 0 Å². The Morgan fingerprint density at radius 2 is 2.06 bits per heavy atom. The van der Waals surface area contributed by atoms with E-state index in [9.17, 15) is 0 Å². The molecule has 0 amide bonds. The summed E-state index contributed by atoms with van der Waals surface area (Å²) in [6, 6.07) is 8.10. The highest BCUT2D eigenvalue weighted by molar-refractivity contribution is 7.07. The molecular formula is C12H13N3S. The van der Waals surface area contributed by atoms with Gasteiger partial charge in [-0.3, -0.25) is 0 Å². The van der Waals surface area contributed by atoms with Gasteiger partial charge in [0.25, 0.3) is 0 Å². The Balaban J connectivity index is 1.95. The first kappa shape index (κ1) is 10.8. The molecule has 0 aliphatic carbocycles. The zero-order valence-corrected chi connectivity index (χ0v) is 9.65. The predicted molar refractivity (Wildman–Crippen MR) is 68.3 cm³/mol. The quantitative estimate of drug-likeness (QED) is 0.649. The highest BCUT2D eigenvalue weighted by Crippen LogP contribution is 2.14. The molecule has 4 heteroatoms. The van der Waals surface area contributed by atoms with Crippen LogP contribution in [0.25, 0.3) is 0 Å². The van der Waals surface area contributed by atoms with Crippen LogP contribution in [0.1, 0.15) is 11.3 Å². The molecule has 0 aliphatic heterocycles. The summed E-state index contributed by atoms with van der Waals surface area (Å²) in [6.45, 7) is 0. The second-order valence-electron chi connectivity index (χ2n) is 3.42. The summed E-state index contributed by atoms with van der Waals surface area (Å²) in [7, 11) is 0. The van der Waals surface area contributed by atoms with Crippen molar-refractivity contribution >= 4 is 23.4 Å². The van der Waals surface area contributed by atoms with Crippen LogP contribution in [0, 0.1) is 0 Å². The molecule has 0 radical (unpaired) electrons. The van der Waals surface area contributed by atoms with Crippen LogP contribution >= 0.6 is 11.3 Å². The summed E-state index contributed by atoms with van der Waals surface area (Å²) in [5, 5.41) is 2.09. The maximum Gasteiger partial charge on any atom is 0.0860 e. The van der Waals surface area contributed by atoms with Gasteiger partial charge in [-0.25, -0.2) is 9.98 Å². The van der Waals surface area contributed by atoms with Crippen LogP contribution in [0.15, 0.2) is 40.1 Å². The fraction of sp³-hybridized carbons (Fsp3) is 0.167. The van der Waals surface area contributed by atoms with E-state index in [-0.39, 0.29) is 0 Å². The van der Waals surface area contributed by atoms with Crippen LogP contribution in [0.4, 0.5) is 5.69 Å². The average Bonchev–Trinajstić information content (AvgIpc) is 2.82. The molecule has 0 unspecified atom stereocenters. The number of aliphatic imine (C=N–C) groups is 1. The lowest BCUT2D eigenvalue weighted by Crippen LogP contribution is -1.91. The van der Waals surface area contributed by atoms with Crippen molar-refractivity contribution in [2.75, 3.05) is 0 Å². The van der Waals surface area contributed by atoms with E-state index in [2.05, 4.69) is 27.5 Å². The molecular weight excluding hydrogens is 218 g/mol. The van der Waals surface area contributed by atoms with Gasteiger partial charge in [-0.05, 0) is 30.5 Å². The molecule has 3 nitrogen and oxygen atoms in total. The Bertz CT molecular complexity index is 446. The van der Waals surface area contributed by atoms with Crippen LogP contribution in [0.2, 0.25) is 0 Å². The molecule has 0 fully saturated rings. The number of rotatable bonds is 4. The second kappa shape index (κ2) is 5.42. The third kappa shape index (κ3) is 2.90. The molecule has 0 spiro atoms. The highest BCUT2D eigenvalue weighted by atomic mass is 32.1. The number of hydrogen-bond acceptors (Lipinski definition) is 3. The summed E-state index contributed by atoms with van der Waals surface area (Å²) in [5.41, 5.74) is 10.4.